The van der Waals surface area contributed by atoms with Crippen LogP contribution < -0.4 is 9.47 Å². The first-order chi connectivity index (χ1) is 11.1. The Balaban J connectivity index is 2.25. The van der Waals surface area contributed by atoms with Gasteiger partial charge >= 0.3 is 0 Å². The van der Waals surface area contributed by atoms with E-state index in [-0.39, 0.29) is 0 Å². The molecular weight excluding hydrogens is 422 g/mol. The van der Waals surface area contributed by atoms with Crippen LogP contribution in [-0.4, -0.2) is 19.4 Å². The van der Waals surface area contributed by atoms with Crippen molar-refractivity contribution in [3.05, 3.63) is 63.6 Å². The highest BCUT2D eigenvalue weighted by atomic mass is 79.9. The van der Waals surface area contributed by atoms with Gasteiger partial charge in [0.1, 0.15) is 18.1 Å². The maximum Gasteiger partial charge on any atom is 0.142 e. The van der Waals surface area contributed by atoms with E-state index in [1.807, 2.05) is 43.3 Å². The molecule has 0 aliphatic rings. The number of halogens is 2. The average molecular weight is 439 g/mol. The quantitative estimate of drug-likeness (QED) is 0.396. The van der Waals surface area contributed by atoms with Crippen LogP contribution in [-0.2, 0) is 0 Å². The predicted molar refractivity (Wildman–Crippen MR) is 102 cm³/mol. The molecule has 0 amide bonds. The molecule has 0 heterocycles. The minimum Gasteiger partial charge on any atom is -0.494 e. The van der Waals surface area contributed by atoms with Crippen molar-refractivity contribution in [1.82, 2.24) is 0 Å². The Morgan fingerprint density at radius 3 is 2.52 bits per heavy atom. The second-order valence-electron chi connectivity index (χ2n) is 4.59. The van der Waals surface area contributed by atoms with Gasteiger partial charge in [0, 0.05) is 16.3 Å². The van der Waals surface area contributed by atoms with E-state index in [2.05, 4.69) is 43.4 Å². The van der Waals surface area contributed by atoms with E-state index in [9.17, 15) is 0 Å². The fourth-order valence-corrected chi connectivity index (χ4v) is 3.28. The number of benzene rings is 2. The second kappa shape index (κ2) is 8.89. The third-order valence-corrected chi connectivity index (χ3v) is 3.93. The average Bonchev–Trinajstić information content (AvgIpc) is 2.53. The van der Waals surface area contributed by atoms with Crippen molar-refractivity contribution in [2.45, 2.75) is 6.92 Å². The maximum atomic E-state index is 5.71. The Kier molecular flexibility index (Phi) is 6.86. The summed E-state index contributed by atoms with van der Waals surface area (Å²) < 4.78 is 12.9. The lowest BCUT2D eigenvalue weighted by atomic mass is 10.2. The number of hydrogen-bond acceptors (Lipinski definition) is 3. The van der Waals surface area contributed by atoms with Gasteiger partial charge in [0.25, 0.3) is 0 Å². The highest BCUT2D eigenvalue weighted by Crippen LogP contribution is 2.32. The van der Waals surface area contributed by atoms with Crippen LogP contribution in [0.1, 0.15) is 12.5 Å². The standard InChI is InChI=1S/C18H17Br2NO2/c1-3-9-23-18-13(10-14(19)11-17(18)20)12-21-15-5-7-16(8-6-15)22-4-2/h3,5-8,10-12H,1,4,9H2,2H3. The molecule has 0 aliphatic heterocycles. The maximum absolute atomic E-state index is 5.71. The van der Waals surface area contributed by atoms with Gasteiger partial charge in [-0.1, -0.05) is 28.6 Å². The normalized spacial score (nSPS) is 10.7. The molecule has 0 fully saturated rings. The van der Waals surface area contributed by atoms with E-state index in [1.165, 1.54) is 0 Å². The number of rotatable bonds is 7. The van der Waals surface area contributed by atoms with Crippen molar-refractivity contribution in [3.8, 4) is 11.5 Å². The molecule has 0 aliphatic carbocycles. The summed E-state index contributed by atoms with van der Waals surface area (Å²) in [6, 6.07) is 11.5. The largest absolute Gasteiger partial charge is 0.494 e. The summed E-state index contributed by atoms with van der Waals surface area (Å²) in [5.74, 6) is 1.58. The lowest BCUT2D eigenvalue weighted by molar-refractivity contribution is 0.340. The molecule has 2 aromatic rings. The Morgan fingerprint density at radius 2 is 1.87 bits per heavy atom. The monoisotopic (exact) mass is 437 g/mol. The summed E-state index contributed by atoms with van der Waals surface area (Å²) in [6.07, 6.45) is 3.49. The van der Waals surface area contributed by atoms with Crippen LogP contribution in [0.5, 0.6) is 11.5 Å². The molecule has 0 radical (unpaired) electrons. The summed E-state index contributed by atoms with van der Waals surface area (Å²) in [7, 11) is 0. The van der Waals surface area contributed by atoms with Crippen LogP contribution >= 0.6 is 31.9 Å². The van der Waals surface area contributed by atoms with E-state index >= 15 is 0 Å². The van der Waals surface area contributed by atoms with Crippen molar-refractivity contribution in [3.63, 3.8) is 0 Å². The molecule has 3 nitrogen and oxygen atoms in total. The van der Waals surface area contributed by atoms with E-state index in [0.29, 0.717) is 13.2 Å². The van der Waals surface area contributed by atoms with E-state index in [0.717, 1.165) is 31.7 Å². The topological polar surface area (TPSA) is 30.8 Å². The number of nitrogens with zero attached hydrogens (tertiary/aromatic N) is 1. The van der Waals surface area contributed by atoms with Crippen molar-refractivity contribution in [1.29, 1.82) is 0 Å². The zero-order chi connectivity index (χ0) is 16.7. The van der Waals surface area contributed by atoms with Gasteiger partial charge in [-0.25, -0.2) is 0 Å². The van der Waals surface area contributed by atoms with E-state index in [4.69, 9.17) is 9.47 Å². The van der Waals surface area contributed by atoms with Gasteiger partial charge in [0.2, 0.25) is 0 Å². The molecule has 0 atom stereocenters. The third kappa shape index (κ3) is 5.22. The summed E-state index contributed by atoms with van der Waals surface area (Å²) in [4.78, 5) is 4.50. The zero-order valence-corrected chi connectivity index (χ0v) is 15.9. The molecule has 23 heavy (non-hydrogen) atoms. The van der Waals surface area contributed by atoms with Crippen LogP contribution in [0, 0.1) is 0 Å². The van der Waals surface area contributed by atoms with Gasteiger partial charge in [-0.2, -0.15) is 0 Å². The van der Waals surface area contributed by atoms with Crippen LogP contribution in [0.2, 0.25) is 0 Å². The Labute approximate surface area is 153 Å². The smallest absolute Gasteiger partial charge is 0.142 e. The minimum absolute atomic E-state index is 0.435. The first-order valence-corrected chi connectivity index (χ1v) is 8.72. The van der Waals surface area contributed by atoms with Crippen molar-refractivity contribution in [2.75, 3.05) is 13.2 Å². The first kappa shape index (κ1) is 17.8. The highest BCUT2D eigenvalue weighted by Gasteiger charge is 2.08. The van der Waals surface area contributed by atoms with Gasteiger partial charge in [0.15, 0.2) is 0 Å². The van der Waals surface area contributed by atoms with Gasteiger partial charge in [-0.15, -0.1) is 0 Å². The van der Waals surface area contributed by atoms with Gasteiger partial charge in [0.05, 0.1) is 16.8 Å². The fraction of sp³-hybridized carbons (Fsp3) is 0.167. The Morgan fingerprint density at radius 1 is 1.13 bits per heavy atom. The van der Waals surface area contributed by atoms with E-state index < -0.39 is 0 Å². The molecule has 120 valence electrons. The van der Waals surface area contributed by atoms with Crippen LogP contribution in [0.4, 0.5) is 5.69 Å². The SMILES string of the molecule is C=CCOc1c(Br)cc(Br)cc1C=Nc1ccc(OCC)cc1. The lowest BCUT2D eigenvalue weighted by Crippen LogP contribution is -1.98. The lowest BCUT2D eigenvalue weighted by Gasteiger charge is -2.10. The summed E-state index contributed by atoms with van der Waals surface area (Å²) in [5.41, 5.74) is 1.72. The summed E-state index contributed by atoms with van der Waals surface area (Å²) in [5, 5.41) is 0. The third-order valence-electron chi connectivity index (χ3n) is 2.88. The first-order valence-electron chi connectivity index (χ1n) is 7.13. The summed E-state index contributed by atoms with van der Waals surface area (Å²) >= 11 is 7.00. The fourth-order valence-electron chi connectivity index (χ4n) is 1.91. The summed E-state index contributed by atoms with van der Waals surface area (Å²) in [6.45, 7) is 6.72. The Hall–Kier alpha value is -1.59. The van der Waals surface area contributed by atoms with Crippen LogP contribution in [0.15, 0.2) is 63.0 Å². The molecule has 2 rings (SSSR count). The Bertz CT molecular complexity index is 697. The van der Waals surface area contributed by atoms with Gasteiger partial charge < -0.3 is 9.47 Å². The van der Waals surface area contributed by atoms with Crippen LogP contribution in [0.25, 0.3) is 0 Å². The molecule has 2 aromatic carbocycles. The number of aliphatic imine (C=N–C) groups is 1. The number of hydrogen-bond donors (Lipinski definition) is 0. The molecule has 0 saturated carbocycles. The molecule has 5 heteroatoms. The predicted octanol–water partition coefficient (Wildman–Crippen LogP) is 5.93. The number of ether oxygens (including phenoxy) is 2. The molecule has 0 N–H and O–H groups in total. The minimum atomic E-state index is 0.435. The van der Waals surface area contributed by atoms with E-state index in [1.54, 1.807) is 12.3 Å². The van der Waals surface area contributed by atoms with Gasteiger partial charge in [-0.05, 0) is 59.3 Å². The van der Waals surface area contributed by atoms with Crippen molar-refractivity contribution in [2.24, 2.45) is 4.99 Å². The molecule has 0 unspecified atom stereocenters. The van der Waals surface area contributed by atoms with Crippen molar-refractivity contribution >= 4 is 43.8 Å². The molecule has 0 saturated heterocycles. The van der Waals surface area contributed by atoms with Crippen molar-refractivity contribution < 1.29 is 9.47 Å². The molecule has 0 spiro atoms. The molecule has 0 bridgehead atoms. The molecule has 0 aromatic heterocycles. The second-order valence-corrected chi connectivity index (χ2v) is 6.36. The highest BCUT2D eigenvalue weighted by molar-refractivity contribution is 9.11. The molecular formula is C18H17Br2NO2. The van der Waals surface area contributed by atoms with Crippen LogP contribution in [0.3, 0.4) is 0 Å². The zero-order valence-electron chi connectivity index (χ0n) is 12.8. The van der Waals surface area contributed by atoms with Gasteiger partial charge in [-0.3, -0.25) is 4.99 Å².